The molecule has 2 heterocycles. The normalized spacial score (nSPS) is 11.5. The molecule has 0 saturated heterocycles. The molecule has 3 aromatic rings. The first kappa shape index (κ1) is 18.8. The summed E-state index contributed by atoms with van der Waals surface area (Å²) >= 11 is 0. The Morgan fingerprint density at radius 3 is 2.59 bits per heavy atom. The van der Waals surface area contributed by atoms with E-state index < -0.39 is 22.5 Å². The first-order chi connectivity index (χ1) is 12.8. The first-order valence-electron chi connectivity index (χ1n) is 8.38. The highest BCUT2D eigenvalue weighted by Gasteiger charge is 2.30. The Kier molecular flexibility index (Phi) is 5.13. The molecule has 0 spiro atoms. The van der Waals surface area contributed by atoms with Gasteiger partial charge in [-0.3, -0.25) is 13.5 Å². The molecule has 27 heavy (non-hydrogen) atoms. The van der Waals surface area contributed by atoms with Gasteiger partial charge in [-0.2, -0.15) is 0 Å². The molecule has 0 fully saturated rings. The third-order valence-electron chi connectivity index (χ3n) is 3.93. The van der Waals surface area contributed by atoms with Crippen LogP contribution in [-0.4, -0.2) is 42.1 Å². The van der Waals surface area contributed by atoms with Crippen LogP contribution in [-0.2, 0) is 19.6 Å². The number of benzene rings is 1. The van der Waals surface area contributed by atoms with Gasteiger partial charge in [0.1, 0.15) is 17.8 Å². The van der Waals surface area contributed by atoms with Gasteiger partial charge in [0.2, 0.25) is 0 Å². The lowest BCUT2D eigenvalue weighted by molar-refractivity contribution is -0.141. The molecule has 0 atom stereocenters. The van der Waals surface area contributed by atoms with Gasteiger partial charge in [-0.25, -0.2) is 8.42 Å². The summed E-state index contributed by atoms with van der Waals surface area (Å²) in [7, 11) is -4.09. The molecule has 0 aliphatic carbocycles. The van der Waals surface area contributed by atoms with E-state index >= 15 is 0 Å². The fourth-order valence-electron chi connectivity index (χ4n) is 2.88. The predicted octanol–water partition coefficient (Wildman–Crippen LogP) is 2.10. The lowest BCUT2D eigenvalue weighted by Gasteiger charge is -2.24. The van der Waals surface area contributed by atoms with E-state index in [9.17, 15) is 13.2 Å². The average molecular weight is 388 g/mol. The number of carbonyl (C=O) groups is 1. The van der Waals surface area contributed by atoms with Crippen molar-refractivity contribution in [2.24, 2.45) is 0 Å². The second-order valence-electron chi connectivity index (χ2n) is 6.10. The molecule has 9 heteroatoms. The van der Waals surface area contributed by atoms with Crippen molar-refractivity contribution < 1.29 is 17.9 Å². The van der Waals surface area contributed by atoms with Gasteiger partial charge in [-0.05, 0) is 56.2 Å². The lowest BCUT2D eigenvalue weighted by Crippen LogP contribution is -2.37. The van der Waals surface area contributed by atoms with Crippen LogP contribution in [0.15, 0.2) is 47.8 Å². The van der Waals surface area contributed by atoms with Crippen LogP contribution in [0, 0.1) is 13.8 Å². The number of anilines is 1. The van der Waals surface area contributed by atoms with E-state index in [0.29, 0.717) is 5.69 Å². The highest BCUT2D eigenvalue weighted by atomic mass is 32.2. The summed E-state index contributed by atoms with van der Waals surface area (Å²) in [4.78, 5) is 12.1. The SMILES string of the molecule is CCOC(=O)CN(c1cc(C)cc(C)c1)S(=O)(=O)c1cccn2cnnc12. The molecule has 0 saturated carbocycles. The number of esters is 1. The lowest BCUT2D eigenvalue weighted by atomic mass is 10.1. The Bertz CT molecular complexity index is 1070. The van der Waals surface area contributed by atoms with Crippen molar-refractivity contribution in [3.8, 4) is 0 Å². The van der Waals surface area contributed by atoms with E-state index in [1.165, 1.54) is 16.8 Å². The third kappa shape index (κ3) is 3.77. The zero-order chi connectivity index (χ0) is 19.6. The number of carbonyl (C=O) groups excluding carboxylic acids is 1. The molecule has 0 radical (unpaired) electrons. The minimum Gasteiger partial charge on any atom is -0.465 e. The number of aryl methyl sites for hydroxylation is 2. The van der Waals surface area contributed by atoms with Gasteiger partial charge in [0.05, 0.1) is 12.3 Å². The van der Waals surface area contributed by atoms with Crippen LogP contribution in [0.25, 0.3) is 5.65 Å². The van der Waals surface area contributed by atoms with Crippen LogP contribution < -0.4 is 4.31 Å². The van der Waals surface area contributed by atoms with E-state index in [2.05, 4.69) is 10.2 Å². The number of pyridine rings is 1. The number of hydrogen-bond donors (Lipinski definition) is 0. The third-order valence-corrected chi connectivity index (χ3v) is 5.72. The zero-order valence-electron chi connectivity index (χ0n) is 15.3. The highest BCUT2D eigenvalue weighted by Crippen LogP contribution is 2.27. The van der Waals surface area contributed by atoms with Crippen LogP contribution in [0.5, 0.6) is 0 Å². The Hall–Kier alpha value is -2.94. The number of sulfonamides is 1. The van der Waals surface area contributed by atoms with E-state index in [-0.39, 0.29) is 17.1 Å². The molecule has 0 aliphatic rings. The fraction of sp³-hybridized carbons (Fsp3) is 0.278. The molecule has 8 nitrogen and oxygen atoms in total. The second-order valence-corrected chi connectivity index (χ2v) is 7.93. The number of ether oxygens (including phenoxy) is 1. The van der Waals surface area contributed by atoms with Gasteiger partial charge in [-0.1, -0.05) is 6.07 Å². The Morgan fingerprint density at radius 1 is 1.22 bits per heavy atom. The molecule has 0 aliphatic heterocycles. The molecule has 0 N–H and O–H groups in total. The van der Waals surface area contributed by atoms with Gasteiger partial charge in [0.25, 0.3) is 10.0 Å². The van der Waals surface area contributed by atoms with Crippen LogP contribution in [0.1, 0.15) is 18.1 Å². The average Bonchev–Trinajstić information content (AvgIpc) is 3.07. The molecule has 2 aromatic heterocycles. The number of nitrogens with zero attached hydrogens (tertiary/aromatic N) is 4. The van der Waals surface area contributed by atoms with Crippen molar-refractivity contribution in [1.82, 2.24) is 14.6 Å². The van der Waals surface area contributed by atoms with Crippen LogP contribution in [0.4, 0.5) is 5.69 Å². The van der Waals surface area contributed by atoms with Gasteiger partial charge >= 0.3 is 5.97 Å². The minimum absolute atomic E-state index is 0.0362. The van der Waals surface area contributed by atoms with Crippen LogP contribution in [0.2, 0.25) is 0 Å². The van der Waals surface area contributed by atoms with Gasteiger partial charge in [0, 0.05) is 6.20 Å². The van der Waals surface area contributed by atoms with Crippen molar-refractivity contribution >= 4 is 27.3 Å². The summed E-state index contributed by atoms with van der Waals surface area (Å²) in [5.41, 5.74) is 2.35. The maximum Gasteiger partial charge on any atom is 0.326 e. The zero-order valence-corrected chi connectivity index (χ0v) is 16.1. The Morgan fingerprint density at radius 2 is 1.93 bits per heavy atom. The number of fused-ring (bicyclic) bond motifs is 1. The largest absolute Gasteiger partial charge is 0.465 e. The first-order valence-corrected chi connectivity index (χ1v) is 9.82. The number of rotatable bonds is 6. The smallest absolute Gasteiger partial charge is 0.326 e. The van der Waals surface area contributed by atoms with E-state index in [1.807, 2.05) is 19.9 Å². The van der Waals surface area contributed by atoms with Crippen molar-refractivity contribution in [2.45, 2.75) is 25.7 Å². The molecule has 0 unspecified atom stereocenters. The highest BCUT2D eigenvalue weighted by molar-refractivity contribution is 7.93. The quantitative estimate of drug-likeness (QED) is 0.600. The van der Waals surface area contributed by atoms with E-state index in [4.69, 9.17) is 4.74 Å². The van der Waals surface area contributed by atoms with Gasteiger partial charge in [-0.15, -0.1) is 10.2 Å². The second kappa shape index (κ2) is 7.36. The topological polar surface area (TPSA) is 93.9 Å². The van der Waals surface area contributed by atoms with Crippen molar-refractivity contribution in [3.05, 3.63) is 54.0 Å². The van der Waals surface area contributed by atoms with Crippen LogP contribution >= 0.6 is 0 Å². The predicted molar refractivity (Wildman–Crippen MR) is 100 cm³/mol. The monoisotopic (exact) mass is 388 g/mol. The van der Waals surface area contributed by atoms with Crippen molar-refractivity contribution in [1.29, 1.82) is 0 Å². The van der Waals surface area contributed by atoms with E-state index in [0.717, 1.165) is 15.4 Å². The summed E-state index contributed by atoms with van der Waals surface area (Å²) in [5.74, 6) is -0.631. The molecule has 3 rings (SSSR count). The molecule has 1 aromatic carbocycles. The Labute approximate surface area is 157 Å². The summed E-state index contributed by atoms with van der Waals surface area (Å²) in [6.07, 6.45) is 3.07. The van der Waals surface area contributed by atoms with Gasteiger partial charge in [0.15, 0.2) is 5.65 Å². The molecular formula is C18H20N4O4S. The summed E-state index contributed by atoms with van der Waals surface area (Å²) < 4.78 is 34.4. The molecule has 142 valence electrons. The van der Waals surface area contributed by atoms with Crippen LogP contribution in [0.3, 0.4) is 0 Å². The molecule has 0 amide bonds. The maximum atomic E-state index is 13.4. The van der Waals surface area contributed by atoms with Gasteiger partial charge < -0.3 is 4.74 Å². The summed E-state index contributed by atoms with van der Waals surface area (Å²) in [5, 5.41) is 7.67. The number of hydrogen-bond acceptors (Lipinski definition) is 6. The van der Waals surface area contributed by atoms with Crippen molar-refractivity contribution in [2.75, 3.05) is 17.5 Å². The summed E-state index contributed by atoms with van der Waals surface area (Å²) in [6, 6.07) is 8.40. The Balaban J connectivity index is 2.16. The van der Waals surface area contributed by atoms with Crippen molar-refractivity contribution in [3.63, 3.8) is 0 Å². The maximum absolute atomic E-state index is 13.4. The minimum atomic E-state index is -4.09. The molecule has 0 bridgehead atoms. The standard InChI is InChI=1S/C18H20N4O4S/c1-4-26-17(23)11-22(15-9-13(2)8-14(3)10-15)27(24,25)16-6-5-7-21-12-19-20-18(16)21/h5-10,12H,4,11H2,1-3H3. The summed E-state index contributed by atoms with van der Waals surface area (Å²) in [6.45, 7) is 5.13. The van der Waals surface area contributed by atoms with E-state index in [1.54, 1.807) is 31.3 Å². The fourth-order valence-corrected chi connectivity index (χ4v) is 4.40. The molecular weight excluding hydrogens is 368 g/mol. The number of aromatic nitrogens is 3.